The maximum Gasteiger partial charge on any atom is 0.0639 e. The summed E-state index contributed by atoms with van der Waals surface area (Å²) in [5.41, 5.74) is -1.77. The monoisotopic (exact) mass is 346 g/mol. The van der Waals surface area contributed by atoms with Gasteiger partial charge in [-0.3, -0.25) is 0 Å². The highest BCUT2D eigenvalue weighted by molar-refractivity contribution is 4.82. The van der Waals surface area contributed by atoms with Gasteiger partial charge in [0.25, 0.3) is 0 Å². The van der Waals surface area contributed by atoms with E-state index in [-0.39, 0.29) is 22.9 Å². The zero-order valence-electron chi connectivity index (χ0n) is 17.7. The highest BCUT2D eigenvalue weighted by Crippen LogP contribution is 2.32. The third kappa shape index (κ3) is 9.97. The van der Waals surface area contributed by atoms with Gasteiger partial charge in [0.1, 0.15) is 0 Å². The lowest BCUT2D eigenvalue weighted by molar-refractivity contribution is -0.102. The summed E-state index contributed by atoms with van der Waals surface area (Å²) in [6.07, 6.45) is 0.857. The molecule has 0 radical (unpaired) electrons. The highest BCUT2D eigenvalue weighted by atomic mass is 16.5. The SMILES string of the molecule is CC(COCC(C)(C)CC(C)(C)OCC(C)C(C)(C)O)C(C)(C)O. The van der Waals surface area contributed by atoms with Crippen molar-refractivity contribution in [3.05, 3.63) is 0 Å². The predicted octanol–water partition coefficient (Wildman–Crippen LogP) is 4.03. The fourth-order valence-electron chi connectivity index (χ4n) is 2.52. The van der Waals surface area contributed by atoms with Crippen LogP contribution in [0.15, 0.2) is 0 Å². The van der Waals surface area contributed by atoms with E-state index in [0.29, 0.717) is 19.8 Å². The Hall–Kier alpha value is -0.160. The topological polar surface area (TPSA) is 58.9 Å². The fraction of sp³-hybridized carbons (Fsp3) is 1.00. The molecule has 0 saturated heterocycles. The van der Waals surface area contributed by atoms with Crippen LogP contribution in [0.3, 0.4) is 0 Å². The van der Waals surface area contributed by atoms with Crippen LogP contribution in [0.5, 0.6) is 0 Å². The lowest BCUT2D eigenvalue weighted by atomic mass is 9.82. The molecule has 2 unspecified atom stereocenters. The van der Waals surface area contributed by atoms with Crippen molar-refractivity contribution in [3.8, 4) is 0 Å². The fourth-order valence-corrected chi connectivity index (χ4v) is 2.52. The van der Waals surface area contributed by atoms with E-state index < -0.39 is 11.2 Å². The minimum Gasteiger partial charge on any atom is -0.390 e. The summed E-state index contributed by atoms with van der Waals surface area (Å²) in [5.74, 6) is 0.161. The maximum atomic E-state index is 10.0. The largest absolute Gasteiger partial charge is 0.390 e. The molecule has 0 heterocycles. The molecule has 0 aliphatic heterocycles. The summed E-state index contributed by atoms with van der Waals surface area (Å²) in [4.78, 5) is 0. The number of hydrogen-bond acceptors (Lipinski definition) is 4. The van der Waals surface area contributed by atoms with Gasteiger partial charge in [0.2, 0.25) is 0 Å². The molecule has 2 atom stereocenters. The van der Waals surface area contributed by atoms with Crippen LogP contribution in [-0.2, 0) is 9.47 Å². The Labute approximate surface area is 149 Å². The van der Waals surface area contributed by atoms with Crippen LogP contribution in [0.25, 0.3) is 0 Å². The Bertz CT molecular complexity index is 361. The molecule has 4 nitrogen and oxygen atoms in total. The lowest BCUT2D eigenvalue weighted by Gasteiger charge is -2.37. The van der Waals surface area contributed by atoms with Gasteiger partial charge in [-0.15, -0.1) is 0 Å². The first-order valence-corrected chi connectivity index (χ1v) is 9.13. The van der Waals surface area contributed by atoms with Crippen molar-refractivity contribution < 1.29 is 19.7 Å². The molecule has 24 heavy (non-hydrogen) atoms. The van der Waals surface area contributed by atoms with Gasteiger partial charge in [-0.1, -0.05) is 27.7 Å². The summed E-state index contributed by atoms with van der Waals surface area (Å²) in [6, 6.07) is 0. The number of rotatable bonds is 11. The van der Waals surface area contributed by atoms with Crippen LogP contribution in [0.4, 0.5) is 0 Å². The average Bonchev–Trinajstić information content (AvgIpc) is 2.31. The second kappa shape index (κ2) is 8.48. The van der Waals surface area contributed by atoms with E-state index in [2.05, 4.69) is 27.7 Å². The van der Waals surface area contributed by atoms with Crippen LogP contribution >= 0.6 is 0 Å². The molecular weight excluding hydrogens is 304 g/mol. The minimum atomic E-state index is -0.734. The predicted molar refractivity (Wildman–Crippen MR) is 100 cm³/mol. The van der Waals surface area contributed by atoms with Gasteiger partial charge < -0.3 is 19.7 Å². The molecule has 0 spiro atoms. The zero-order valence-corrected chi connectivity index (χ0v) is 17.7. The molecule has 146 valence electrons. The molecular formula is C20H42O4. The van der Waals surface area contributed by atoms with Crippen LogP contribution in [0, 0.1) is 17.3 Å². The van der Waals surface area contributed by atoms with Gasteiger partial charge in [-0.05, 0) is 53.4 Å². The standard InChI is InChI=1S/C20H42O4/c1-15(19(7,8)21)11-23-14-17(3,4)13-18(5,6)24-12-16(2)20(9,10)22/h15-16,21-22H,11-14H2,1-10H3. The zero-order chi connectivity index (χ0) is 19.4. The van der Waals surface area contributed by atoms with Gasteiger partial charge in [0.15, 0.2) is 0 Å². The van der Waals surface area contributed by atoms with Crippen molar-refractivity contribution in [3.63, 3.8) is 0 Å². The molecule has 0 aliphatic rings. The summed E-state index contributed by atoms with van der Waals surface area (Å²) < 4.78 is 11.9. The second-order valence-electron chi connectivity index (χ2n) is 10.0. The Kier molecular flexibility index (Phi) is 8.42. The van der Waals surface area contributed by atoms with E-state index in [1.54, 1.807) is 0 Å². The van der Waals surface area contributed by atoms with Gasteiger partial charge in [0.05, 0.1) is 36.6 Å². The number of ether oxygens (including phenoxy) is 2. The van der Waals surface area contributed by atoms with Crippen LogP contribution in [-0.4, -0.2) is 46.8 Å². The molecule has 0 saturated carbocycles. The summed E-state index contributed by atoms with van der Waals surface area (Å²) in [5, 5.41) is 20.0. The smallest absolute Gasteiger partial charge is 0.0639 e. The van der Waals surface area contributed by atoms with Gasteiger partial charge in [0, 0.05) is 11.8 Å². The summed E-state index contributed by atoms with van der Waals surface area (Å²) in [6.45, 7) is 21.5. The molecule has 0 aliphatic carbocycles. The Morgan fingerprint density at radius 2 is 1.17 bits per heavy atom. The van der Waals surface area contributed by atoms with Crippen molar-refractivity contribution in [2.45, 2.75) is 92.5 Å². The molecule has 2 N–H and O–H groups in total. The Morgan fingerprint density at radius 1 is 0.750 bits per heavy atom. The quantitative estimate of drug-likeness (QED) is 0.593. The first-order chi connectivity index (χ1) is 10.5. The third-order valence-electron chi connectivity index (χ3n) is 4.90. The van der Waals surface area contributed by atoms with E-state index >= 15 is 0 Å². The third-order valence-corrected chi connectivity index (χ3v) is 4.90. The molecule has 0 aromatic carbocycles. The molecule has 0 amide bonds. The number of hydrogen-bond donors (Lipinski definition) is 2. The maximum absolute atomic E-state index is 10.0. The van der Waals surface area contributed by atoms with E-state index in [1.165, 1.54) is 0 Å². The van der Waals surface area contributed by atoms with Crippen molar-refractivity contribution in [2.24, 2.45) is 17.3 Å². The molecule has 0 bridgehead atoms. The van der Waals surface area contributed by atoms with E-state index in [4.69, 9.17) is 9.47 Å². The van der Waals surface area contributed by atoms with E-state index in [1.807, 2.05) is 41.5 Å². The van der Waals surface area contributed by atoms with Crippen molar-refractivity contribution in [1.82, 2.24) is 0 Å². The van der Waals surface area contributed by atoms with E-state index in [0.717, 1.165) is 6.42 Å². The molecule has 4 heteroatoms. The number of aliphatic hydroxyl groups is 2. The van der Waals surface area contributed by atoms with Gasteiger partial charge in [-0.2, -0.15) is 0 Å². The van der Waals surface area contributed by atoms with Gasteiger partial charge >= 0.3 is 0 Å². The average molecular weight is 347 g/mol. The highest BCUT2D eigenvalue weighted by Gasteiger charge is 2.32. The molecule has 0 aromatic rings. The molecule has 0 rings (SSSR count). The molecule has 0 aromatic heterocycles. The normalized spacial score (nSPS) is 17.0. The Balaban J connectivity index is 4.40. The van der Waals surface area contributed by atoms with Crippen LogP contribution in [0.1, 0.15) is 75.7 Å². The first kappa shape index (κ1) is 23.8. The first-order valence-electron chi connectivity index (χ1n) is 9.13. The molecule has 0 fully saturated rings. The van der Waals surface area contributed by atoms with Crippen molar-refractivity contribution in [2.75, 3.05) is 19.8 Å². The van der Waals surface area contributed by atoms with Crippen LogP contribution in [0.2, 0.25) is 0 Å². The summed E-state index contributed by atoms with van der Waals surface area (Å²) >= 11 is 0. The van der Waals surface area contributed by atoms with Crippen molar-refractivity contribution >= 4 is 0 Å². The van der Waals surface area contributed by atoms with Crippen LogP contribution < -0.4 is 0 Å². The van der Waals surface area contributed by atoms with Crippen molar-refractivity contribution in [1.29, 1.82) is 0 Å². The second-order valence-corrected chi connectivity index (χ2v) is 10.0. The Morgan fingerprint density at radius 3 is 1.58 bits per heavy atom. The minimum absolute atomic E-state index is 0.0270. The van der Waals surface area contributed by atoms with E-state index in [9.17, 15) is 10.2 Å². The lowest BCUT2D eigenvalue weighted by Crippen LogP contribution is -2.39. The van der Waals surface area contributed by atoms with Gasteiger partial charge in [-0.25, -0.2) is 0 Å². The summed E-state index contributed by atoms with van der Waals surface area (Å²) in [7, 11) is 0.